The summed E-state index contributed by atoms with van der Waals surface area (Å²) in [6.07, 6.45) is 6.20. The van der Waals surface area contributed by atoms with Crippen molar-refractivity contribution in [3.63, 3.8) is 0 Å². The van der Waals surface area contributed by atoms with Crippen LogP contribution in [0.1, 0.15) is 39.0 Å². The van der Waals surface area contributed by atoms with Crippen molar-refractivity contribution in [1.29, 1.82) is 0 Å². The molecule has 2 nitrogen and oxygen atoms in total. The molecule has 0 heterocycles. The fourth-order valence-electron chi connectivity index (χ4n) is 0.924. The molecule has 0 rings (SSSR count). The van der Waals surface area contributed by atoms with Crippen LogP contribution in [-0.2, 0) is 0 Å². The zero-order valence-electron chi connectivity index (χ0n) is 7.10. The molecule has 0 fully saturated rings. The Labute approximate surface area is 75.1 Å². The molecule has 0 aliphatic rings. The summed E-state index contributed by atoms with van der Waals surface area (Å²) >= 11 is -0.660. The molecule has 1 atom stereocenters. The van der Waals surface area contributed by atoms with Gasteiger partial charge >= 0.3 is 74.6 Å². The van der Waals surface area contributed by atoms with E-state index in [2.05, 4.69) is 6.92 Å². The third-order valence-electron chi connectivity index (χ3n) is 1.56. The minimum atomic E-state index is -0.660. The average molecular weight is 220 g/mol. The SMILES string of the molecule is CCCCCCC[AsH]C(=O)O. The van der Waals surface area contributed by atoms with E-state index in [1.54, 1.807) is 0 Å². The van der Waals surface area contributed by atoms with E-state index in [1.807, 2.05) is 0 Å². The zero-order chi connectivity index (χ0) is 8.53. The number of hydrogen-bond donors (Lipinski definition) is 1. The second-order valence-electron chi connectivity index (χ2n) is 2.65. The van der Waals surface area contributed by atoms with Gasteiger partial charge in [-0.25, -0.2) is 0 Å². The molecule has 11 heavy (non-hydrogen) atoms. The molecule has 0 aromatic heterocycles. The Morgan fingerprint density at radius 3 is 2.45 bits per heavy atom. The second-order valence-corrected chi connectivity index (χ2v) is 5.33. The molecule has 0 aromatic rings. The molecule has 66 valence electrons. The molecule has 0 amide bonds. The van der Waals surface area contributed by atoms with Crippen molar-refractivity contribution in [2.75, 3.05) is 0 Å². The molecule has 1 unspecified atom stereocenters. The van der Waals surface area contributed by atoms with Crippen LogP contribution in [0.5, 0.6) is 0 Å². The molecule has 0 saturated heterocycles. The van der Waals surface area contributed by atoms with E-state index in [4.69, 9.17) is 5.11 Å². The van der Waals surface area contributed by atoms with Gasteiger partial charge in [0.2, 0.25) is 0 Å². The van der Waals surface area contributed by atoms with Crippen molar-refractivity contribution in [2.24, 2.45) is 0 Å². The van der Waals surface area contributed by atoms with E-state index in [0.29, 0.717) is 0 Å². The topological polar surface area (TPSA) is 37.3 Å². The summed E-state index contributed by atoms with van der Waals surface area (Å²) < 4.78 is -0.541. The van der Waals surface area contributed by atoms with Crippen molar-refractivity contribution < 1.29 is 9.90 Å². The normalized spacial score (nSPS) is 11.0. The molecule has 0 aliphatic heterocycles. The van der Waals surface area contributed by atoms with Gasteiger partial charge < -0.3 is 0 Å². The maximum atomic E-state index is 10.1. The van der Waals surface area contributed by atoms with Crippen molar-refractivity contribution in [2.45, 2.75) is 44.2 Å². The first-order valence-corrected chi connectivity index (χ1v) is 6.77. The molecule has 1 N–H and O–H groups in total. The molecule has 0 aromatic carbocycles. The predicted octanol–water partition coefficient (Wildman–Crippen LogP) is 2.49. The molecular weight excluding hydrogens is 203 g/mol. The monoisotopic (exact) mass is 220 g/mol. The van der Waals surface area contributed by atoms with E-state index in [1.165, 1.54) is 25.7 Å². The number of carboxylic acid groups (broad SMARTS) is 1. The molecule has 3 heteroatoms. The molecular formula is C8H17AsO2. The quantitative estimate of drug-likeness (QED) is 0.528. The van der Waals surface area contributed by atoms with E-state index in [0.717, 1.165) is 11.6 Å². The van der Waals surface area contributed by atoms with Crippen LogP contribution in [0.3, 0.4) is 0 Å². The first-order valence-electron chi connectivity index (χ1n) is 4.24. The zero-order valence-corrected chi connectivity index (χ0v) is 9.20. The Bertz CT molecular complexity index is 104. The summed E-state index contributed by atoms with van der Waals surface area (Å²) in [6, 6.07) is 0. The summed E-state index contributed by atoms with van der Waals surface area (Å²) in [6.45, 7) is 2.19. The van der Waals surface area contributed by atoms with Crippen LogP contribution in [0.15, 0.2) is 0 Å². The molecule has 0 saturated carbocycles. The Hall–Kier alpha value is 0.0284. The van der Waals surface area contributed by atoms with Gasteiger partial charge in [0.15, 0.2) is 0 Å². The van der Waals surface area contributed by atoms with Gasteiger partial charge in [-0.05, 0) is 0 Å². The van der Waals surface area contributed by atoms with Crippen LogP contribution >= 0.6 is 0 Å². The van der Waals surface area contributed by atoms with Gasteiger partial charge in [0.05, 0.1) is 0 Å². The van der Waals surface area contributed by atoms with Crippen LogP contribution in [0, 0.1) is 0 Å². The second kappa shape index (κ2) is 8.13. The van der Waals surface area contributed by atoms with Crippen LogP contribution in [0.25, 0.3) is 0 Å². The molecule has 0 aliphatic carbocycles. The standard InChI is InChI=1S/C8H17AsO2/c1-2-3-4-5-6-7-9-8(10)11/h9H,2-7H2,1H3,(H,10,11). The van der Waals surface area contributed by atoms with Crippen LogP contribution < -0.4 is 0 Å². The van der Waals surface area contributed by atoms with Gasteiger partial charge in [0.1, 0.15) is 0 Å². The third-order valence-corrected chi connectivity index (χ3v) is 3.46. The Balaban J connectivity index is 2.85. The summed E-state index contributed by atoms with van der Waals surface area (Å²) in [5, 5.41) is 9.34. The first kappa shape index (κ1) is 11.0. The summed E-state index contributed by atoms with van der Waals surface area (Å²) in [7, 11) is 0. The van der Waals surface area contributed by atoms with Gasteiger partial charge in [-0.1, -0.05) is 0 Å². The number of rotatable bonds is 7. The first-order chi connectivity index (χ1) is 5.27. The fraction of sp³-hybridized carbons (Fsp3) is 0.875. The van der Waals surface area contributed by atoms with E-state index >= 15 is 0 Å². The van der Waals surface area contributed by atoms with Crippen LogP contribution in [-0.4, -0.2) is 25.6 Å². The van der Waals surface area contributed by atoms with E-state index < -0.39 is 20.5 Å². The van der Waals surface area contributed by atoms with Crippen LogP contribution in [0.4, 0.5) is 4.79 Å². The predicted molar refractivity (Wildman–Crippen MR) is 48.7 cm³/mol. The van der Waals surface area contributed by atoms with Gasteiger partial charge in [-0.2, -0.15) is 0 Å². The van der Waals surface area contributed by atoms with Gasteiger partial charge in [0, 0.05) is 0 Å². The molecule has 0 bridgehead atoms. The summed E-state index contributed by atoms with van der Waals surface area (Å²) in [5.74, 6) is 0. The summed E-state index contributed by atoms with van der Waals surface area (Å²) in [5.41, 5.74) is 0. The van der Waals surface area contributed by atoms with Gasteiger partial charge in [-0.3, -0.25) is 0 Å². The number of carbonyl (C=O) groups is 1. The van der Waals surface area contributed by atoms with Gasteiger partial charge in [-0.15, -0.1) is 0 Å². The van der Waals surface area contributed by atoms with E-state index in [-0.39, 0.29) is 0 Å². The van der Waals surface area contributed by atoms with Crippen molar-refractivity contribution in [1.82, 2.24) is 0 Å². The minimum absolute atomic E-state index is 0.541. The molecule has 0 spiro atoms. The molecule has 0 radical (unpaired) electrons. The Morgan fingerprint density at radius 2 is 1.91 bits per heavy atom. The van der Waals surface area contributed by atoms with Gasteiger partial charge in [0.25, 0.3) is 0 Å². The maximum absolute atomic E-state index is 10.1. The Kier molecular flexibility index (Phi) is 8.15. The Morgan fingerprint density at radius 1 is 1.27 bits per heavy atom. The summed E-state index contributed by atoms with van der Waals surface area (Å²) in [4.78, 5) is 10.1. The number of hydrogen-bond acceptors (Lipinski definition) is 1. The fourth-order valence-corrected chi connectivity index (χ4v) is 2.27. The van der Waals surface area contributed by atoms with Crippen molar-refractivity contribution >= 4 is 20.5 Å². The van der Waals surface area contributed by atoms with Crippen molar-refractivity contribution in [3.8, 4) is 0 Å². The van der Waals surface area contributed by atoms with E-state index in [9.17, 15) is 4.79 Å². The van der Waals surface area contributed by atoms with Crippen LogP contribution in [0.2, 0.25) is 5.21 Å². The number of unbranched alkanes of at least 4 members (excludes halogenated alkanes) is 4. The van der Waals surface area contributed by atoms with Crippen molar-refractivity contribution in [3.05, 3.63) is 0 Å². The average Bonchev–Trinajstić information content (AvgIpc) is 1.96. The third kappa shape index (κ3) is 10.0.